The number of hydrogen-bond donors (Lipinski definition) is 0. The highest BCUT2D eigenvalue weighted by molar-refractivity contribution is 9.10. The molecule has 0 aliphatic rings. The molecule has 0 aromatic heterocycles. The minimum Gasteiger partial charge on any atom is -0.465 e. The molecule has 5 heteroatoms. The molecule has 0 unspecified atom stereocenters. The molecule has 4 nitrogen and oxygen atoms in total. The Morgan fingerprint density at radius 3 is 2.24 bits per heavy atom. The number of carbonyl (C=O) groups is 2. The molecule has 0 atom stereocenters. The topological polar surface area (TPSA) is 52.6 Å². The monoisotopic (exact) mass is 354 g/mol. The molecule has 0 saturated heterocycles. The van der Waals surface area contributed by atoms with Crippen molar-refractivity contribution in [2.75, 3.05) is 13.2 Å². The van der Waals surface area contributed by atoms with Crippen molar-refractivity contribution in [2.45, 2.75) is 25.7 Å². The lowest BCUT2D eigenvalue weighted by Crippen LogP contribution is -2.46. The van der Waals surface area contributed by atoms with E-state index in [1.54, 1.807) is 32.0 Å². The summed E-state index contributed by atoms with van der Waals surface area (Å²) in [6.07, 6.45) is 1.63. The van der Waals surface area contributed by atoms with Gasteiger partial charge in [-0.05, 0) is 38.0 Å². The van der Waals surface area contributed by atoms with E-state index in [1.165, 1.54) is 6.08 Å². The number of ether oxygens (including phenoxy) is 2. The number of halogens is 1. The summed E-state index contributed by atoms with van der Waals surface area (Å²) in [6, 6.07) is 7.01. The van der Waals surface area contributed by atoms with Crippen LogP contribution in [-0.4, -0.2) is 25.2 Å². The standard InChI is InChI=1S/C16H19BrO4/c1-4-10-16(14(18)20-5-2,15(19)21-6-3)12-8-7-9-13(17)11-12/h4,7-9,11H,1,5-6,10H2,2-3H3. The third-order valence-electron chi connectivity index (χ3n) is 3.02. The predicted molar refractivity (Wildman–Crippen MR) is 83.9 cm³/mol. The Labute approximate surface area is 133 Å². The normalized spacial score (nSPS) is 10.8. The van der Waals surface area contributed by atoms with Gasteiger partial charge >= 0.3 is 11.9 Å². The lowest BCUT2D eigenvalue weighted by molar-refractivity contribution is -0.164. The highest BCUT2D eigenvalue weighted by Gasteiger charge is 2.49. The largest absolute Gasteiger partial charge is 0.465 e. The lowest BCUT2D eigenvalue weighted by Gasteiger charge is -2.28. The summed E-state index contributed by atoms with van der Waals surface area (Å²) in [4.78, 5) is 25.0. The zero-order chi connectivity index (χ0) is 15.9. The minimum absolute atomic E-state index is 0.112. The average Bonchev–Trinajstić information content (AvgIpc) is 2.45. The molecule has 0 amide bonds. The molecule has 0 saturated carbocycles. The van der Waals surface area contributed by atoms with Gasteiger partial charge in [0.1, 0.15) is 0 Å². The highest BCUT2D eigenvalue weighted by Crippen LogP contribution is 2.33. The van der Waals surface area contributed by atoms with Crippen LogP contribution in [0.2, 0.25) is 0 Å². The maximum Gasteiger partial charge on any atom is 0.328 e. The summed E-state index contributed by atoms with van der Waals surface area (Å²) < 4.78 is 11.0. The Morgan fingerprint density at radius 2 is 1.81 bits per heavy atom. The summed E-state index contributed by atoms with van der Waals surface area (Å²) in [6.45, 7) is 7.42. The molecular formula is C16H19BrO4. The lowest BCUT2D eigenvalue weighted by atomic mass is 9.77. The van der Waals surface area contributed by atoms with Crippen molar-refractivity contribution in [3.05, 3.63) is 47.0 Å². The molecule has 114 valence electrons. The first kappa shape index (κ1) is 17.4. The maximum absolute atomic E-state index is 12.5. The second-order valence-electron chi connectivity index (χ2n) is 4.35. The van der Waals surface area contributed by atoms with Gasteiger partial charge in [0, 0.05) is 4.47 Å². The van der Waals surface area contributed by atoms with E-state index in [9.17, 15) is 9.59 Å². The van der Waals surface area contributed by atoms with Gasteiger partial charge < -0.3 is 9.47 Å². The molecule has 1 rings (SSSR count). The number of hydrogen-bond acceptors (Lipinski definition) is 4. The van der Waals surface area contributed by atoms with Gasteiger partial charge in [0.25, 0.3) is 0 Å². The van der Waals surface area contributed by atoms with Crippen molar-refractivity contribution in [3.63, 3.8) is 0 Å². The molecule has 0 heterocycles. The summed E-state index contributed by atoms with van der Waals surface area (Å²) in [5, 5.41) is 0. The van der Waals surface area contributed by atoms with E-state index in [1.807, 2.05) is 6.07 Å². The Bertz CT molecular complexity index is 507. The molecular weight excluding hydrogens is 336 g/mol. The first-order valence-electron chi connectivity index (χ1n) is 6.74. The first-order valence-corrected chi connectivity index (χ1v) is 7.53. The molecule has 1 aromatic carbocycles. The van der Waals surface area contributed by atoms with Crippen molar-refractivity contribution >= 4 is 27.9 Å². The van der Waals surface area contributed by atoms with Crippen molar-refractivity contribution in [3.8, 4) is 0 Å². The third kappa shape index (κ3) is 3.73. The van der Waals surface area contributed by atoms with Crippen LogP contribution in [0, 0.1) is 0 Å². The van der Waals surface area contributed by atoms with Gasteiger partial charge in [-0.3, -0.25) is 9.59 Å². The Morgan fingerprint density at radius 1 is 1.24 bits per heavy atom. The second kappa shape index (κ2) is 7.98. The molecule has 0 fully saturated rings. The van der Waals surface area contributed by atoms with E-state index < -0.39 is 17.4 Å². The zero-order valence-electron chi connectivity index (χ0n) is 12.2. The van der Waals surface area contributed by atoms with Gasteiger partial charge in [-0.1, -0.05) is 34.1 Å². The molecule has 0 bridgehead atoms. The molecule has 0 spiro atoms. The predicted octanol–water partition coefficient (Wildman–Crippen LogP) is 3.39. The van der Waals surface area contributed by atoms with Gasteiger partial charge in [0.2, 0.25) is 0 Å². The smallest absolute Gasteiger partial charge is 0.328 e. The van der Waals surface area contributed by atoms with Crippen LogP contribution in [0.25, 0.3) is 0 Å². The van der Waals surface area contributed by atoms with Gasteiger partial charge in [-0.15, -0.1) is 6.58 Å². The summed E-state index contributed by atoms with van der Waals surface area (Å²) in [7, 11) is 0. The average molecular weight is 355 g/mol. The SMILES string of the molecule is C=CCC(C(=O)OCC)(C(=O)OCC)c1cccc(Br)c1. The fourth-order valence-electron chi connectivity index (χ4n) is 2.08. The van der Waals surface area contributed by atoms with Gasteiger partial charge in [0.05, 0.1) is 13.2 Å². The fourth-order valence-corrected chi connectivity index (χ4v) is 2.48. The van der Waals surface area contributed by atoms with Crippen molar-refractivity contribution in [1.29, 1.82) is 0 Å². The highest BCUT2D eigenvalue weighted by atomic mass is 79.9. The van der Waals surface area contributed by atoms with Crippen LogP contribution in [0.3, 0.4) is 0 Å². The Hall–Kier alpha value is -1.62. The molecule has 1 aromatic rings. The molecule has 0 N–H and O–H groups in total. The maximum atomic E-state index is 12.5. The van der Waals surface area contributed by atoms with Gasteiger partial charge in [-0.25, -0.2) is 0 Å². The quantitative estimate of drug-likeness (QED) is 0.427. The van der Waals surface area contributed by atoms with E-state index in [-0.39, 0.29) is 19.6 Å². The number of allylic oxidation sites excluding steroid dienone is 1. The molecule has 0 radical (unpaired) electrons. The van der Waals surface area contributed by atoms with Crippen molar-refractivity contribution in [2.24, 2.45) is 0 Å². The number of benzene rings is 1. The number of carbonyl (C=O) groups excluding carboxylic acids is 2. The first-order chi connectivity index (χ1) is 10.0. The summed E-state index contributed by atoms with van der Waals surface area (Å²) in [5.41, 5.74) is -0.994. The van der Waals surface area contributed by atoms with Crippen LogP contribution >= 0.6 is 15.9 Å². The number of esters is 2. The zero-order valence-corrected chi connectivity index (χ0v) is 13.8. The fraction of sp³-hybridized carbons (Fsp3) is 0.375. The minimum atomic E-state index is -1.52. The molecule has 0 aliphatic carbocycles. The van der Waals surface area contributed by atoms with Crippen LogP contribution in [-0.2, 0) is 24.5 Å². The number of rotatable bonds is 7. The second-order valence-corrected chi connectivity index (χ2v) is 5.27. The van der Waals surface area contributed by atoms with E-state index in [4.69, 9.17) is 9.47 Å². The Balaban J connectivity index is 3.46. The summed E-state index contributed by atoms with van der Waals surface area (Å²) >= 11 is 3.35. The van der Waals surface area contributed by atoms with E-state index in [2.05, 4.69) is 22.5 Å². The van der Waals surface area contributed by atoms with Gasteiger partial charge in [0.15, 0.2) is 5.41 Å². The third-order valence-corrected chi connectivity index (χ3v) is 3.51. The van der Waals surface area contributed by atoms with E-state index in [0.29, 0.717) is 5.56 Å². The van der Waals surface area contributed by atoms with E-state index >= 15 is 0 Å². The van der Waals surface area contributed by atoms with Gasteiger partial charge in [-0.2, -0.15) is 0 Å². The van der Waals surface area contributed by atoms with Crippen LogP contribution < -0.4 is 0 Å². The van der Waals surface area contributed by atoms with E-state index in [0.717, 1.165) is 4.47 Å². The molecule has 0 aliphatic heterocycles. The van der Waals surface area contributed by atoms with Crippen LogP contribution in [0.5, 0.6) is 0 Å². The molecule has 21 heavy (non-hydrogen) atoms. The van der Waals surface area contributed by atoms with Crippen LogP contribution in [0.1, 0.15) is 25.8 Å². The van der Waals surface area contributed by atoms with Crippen molar-refractivity contribution in [1.82, 2.24) is 0 Å². The van der Waals surface area contributed by atoms with Crippen LogP contribution in [0.15, 0.2) is 41.4 Å². The summed E-state index contributed by atoms with van der Waals surface area (Å²) in [5.74, 6) is -1.25. The Kier molecular flexibility index (Phi) is 6.62. The van der Waals surface area contributed by atoms with Crippen LogP contribution in [0.4, 0.5) is 0 Å². The van der Waals surface area contributed by atoms with Crippen molar-refractivity contribution < 1.29 is 19.1 Å².